The van der Waals surface area contributed by atoms with Crippen molar-refractivity contribution in [2.45, 2.75) is 23.6 Å². The number of hydrogen-bond donors (Lipinski definition) is 1. The number of aromatic nitrogens is 2. The number of rotatable bonds is 3. The maximum absolute atomic E-state index is 5.59. The predicted molar refractivity (Wildman–Crippen MR) is 51.0 cm³/mol. The summed E-state index contributed by atoms with van der Waals surface area (Å²) in [6.45, 7) is 4.81. The van der Waals surface area contributed by atoms with Crippen LogP contribution in [0.2, 0.25) is 0 Å². The molecule has 1 heterocycles. The Hall–Kier alpha value is -0.610. The molecule has 0 saturated heterocycles. The van der Waals surface area contributed by atoms with E-state index in [2.05, 4.69) is 23.8 Å². The molecule has 0 fully saturated rings. The molecule has 0 aliphatic heterocycles. The van der Waals surface area contributed by atoms with E-state index in [-0.39, 0.29) is 4.75 Å². The van der Waals surface area contributed by atoms with Gasteiger partial charge in [-0.3, -0.25) is 4.98 Å². The summed E-state index contributed by atoms with van der Waals surface area (Å²) in [5, 5.41) is 0.924. The van der Waals surface area contributed by atoms with Crippen molar-refractivity contribution in [1.29, 1.82) is 0 Å². The van der Waals surface area contributed by atoms with Crippen LogP contribution in [0.3, 0.4) is 0 Å². The third-order valence-electron chi connectivity index (χ3n) is 1.41. The first kappa shape index (κ1) is 9.48. The lowest BCUT2D eigenvalue weighted by Gasteiger charge is -2.20. The Bertz CT molecular complexity index is 235. The maximum Gasteiger partial charge on any atom is 0.115 e. The van der Waals surface area contributed by atoms with Gasteiger partial charge in [0.1, 0.15) is 5.03 Å². The third-order valence-corrected chi connectivity index (χ3v) is 2.55. The van der Waals surface area contributed by atoms with E-state index in [0.717, 1.165) is 5.03 Å². The standard InChI is InChI=1S/C8H13N3S/c1-8(2,6-9)12-7-5-10-3-4-11-7/h3-5H,6,9H2,1-2H3. The zero-order valence-corrected chi connectivity index (χ0v) is 8.14. The lowest BCUT2D eigenvalue weighted by Crippen LogP contribution is -2.26. The van der Waals surface area contributed by atoms with Gasteiger partial charge in [0.05, 0.1) is 6.20 Å². The molecule has 4 heteroatoms. The molecule has 0 bridgehead atoms. The van der Waals surface area contributed by atoms with Gasteiger partial charge < -0.3 is 5.73 Å². The highest BCUT2D eigenvalue weighted by Gasteiger charge is 2.17. The van der Waals surface area contributed by atoms with Crippen LogP contribution in [0.15, 0.2) is 23.6 Å². The predicted octanol–water partition coefficient (Wildman–Crippen LogP) is 1.31. The Morgan fingerprint density at radius 3 is 2.75 bits per heavy atom. The summed E-state index contributed by atoms with van der Waals surface area (Å²) in [6, 6.07) is 0. The highest BCUT2D eigenvalue weighted by atomic mass is 32.2. The fraction of sp³-hybridized carbons (Fsp3) is 0.500. The topological polar surface area (TPSA) is 51.8 Å². The first-order valence-corrected chi connectivity index (χ1v) is 4.61. The summed E-state index contributed by atoms with van der Waals surface area (Å²) in [5.41, 5.74) is 5.59. The minimum absolute atomic E-state index is 0.0377. The number of nitrogens with two attached hydrogens (primary N) is 1. The van der Waals surface area contributed by atoms with E-state index in [1.807, 2.05) is 0 Å². The molecule has 0 aliphatic rings. The van der Waals surface area contributed by atoms with Crippen molar-refractivity contribution in [1.82, 2.24) is 9.97 Å². The molecule has 0 spiro atoms. The fourth-order valence-corrected chi connectivity index (χ4v) is 1.54. The van der Waals surface area contributed by atoms with Gasteiger partial charge >= 0.3 is 0 Å². The second kappa shape index (κ2) is 3.87. The normalized spacial score (nSPS) is 11.6. The highest BCUT2D eigenvalue weighted by molar-refractivity contribution is 8.00. The SMILES string of the molecule is CC(C)(CN)Sc1cnccn1. The molecular weight excluding hydrogens is 170 g/mol. The highest BCUT2D eigenvalue weighted by Crippen LogP contribution is 2.28. The van der Waals surface area contributed by atoms with Gasteiger partial charge in [-0.2, -0.15) is 0 Å². The third kappa shape index (κ3) is 2.79. The second-order valence-corrected chi connectivity index (χ2v) is 4.84. The molecule has 0 saturated carbocycles. The van der Waals surface area contributed by atoms with Gasteiger partial charge in [-0.05, 0) is 13.8 Å². The Labute approximate surface area is 76.8 Å². The summed E-state index contributed by atoms with van der Waals surface area (Å²) in [5.74, 6) is 0. The zero-order chi connectivity index (χ0) is 9.03. The summed E-state index contributed by atoms with van der Waals surface area (Å²) < 4.78 is 0.0377. The molecule has 0 atom stereocenters. The van der Waals surface area contributed by atoms with Crippen molar-refractivity contribution in [3.8, 4) is 0 Å². The van der Waals surface area contributed by atoms with Crippen LogP contribution in [0, 0.1) is 0 Å². The average Bonchev–Trinajstić information content (AvgIpc) is 2.06. The van der Waals surface area contributed by atoms with Crippen molar-refractivity contribution >= 4 is 11.8 Å². The number of nitrogens with zero attached hydrogens (tertiary/aromatic N) is 2. The molecule has 3 nitrogen and oxygen atoms in total. The largest absolute Gasteiger partial charge is 0.329 e. The summed E-state index contributed by atoms with van der Waals surface area (Å²) >= 11 is 1.65. The molecule has 0 aromatic carbocycles. The van der Waals surface area contributed by atoms with E-state index >= 15 is 0 Å². The van der Waals surface area contributed by atoms with Crippen molar-refractivity contribution in [2.24, 2.45) is 5.73 Å². The molecule has 0 aliphatic carbocycles. The summed E-state index contributed by atoms with van der Waals surface area (Å²) in [7, 11) is 0. The number of thioether (sulfide) groups is 1. The van der Waals surface area contributed by atoms with E-state index in [1.165, 1.54) is 0 Å². The van der Waals surface area contributed by atoms with Gasteiger partial charge in [0.2, 0.25) is 0 Å². The van der Waals surface area contributed by atoms with Gasteiger partial charge in [0.15, 0.2) is 0 Å². The molecule has 1 aromatic heterocycles. The minimum atomic E-state index is 0.0377. The molecule has 1 aromatic rings. The van der Waals surface area contributed by atoms with Gasteiger partial charge in [-0.1, -0.05) is 11.8 Å². The zero-order valence-electron chi connectivity index (χ0n) is 7.32. The van der Waals surface area contributed by atoms with E-state index < -0.39 is 0 Å². The maximum atomic E-state index is 5.59. The van der Waals surface area contributed by atoms with Crippen LogP contribution in [-0.4, -0.2) is 21.3 Å². The van der Waals surface area contributed by atoms with Gasteiger partial charge in [0, 0.05) is 23.7 Å². The van der Waals surface area contributed by atoms with Crippen LogP contribution in [-0.2, 0) is 0 Å². The fourth-order valence-electron chi connectivity index (χ4n) is 0.663. The van der Waals surface area contributed by atoms with E-state index in [0.29, 0.717) is 6.54 Å². The average molecular weight is 183 g/mol. The molecule has 66 valence electrons. The monoisotopic (exact) mass is 183 g/mol. The molecular formula is C8H13N3S. The van der Waals surface area contributed by atoms with E-state index in [4.69, 9.17) is 5.73 Å². The van der Waals surface area contributed by atoms with Crippen molar-refractivity contribution in [3.05, 3.63) is 18.6 Å². The molecule has 2 N–H and O–H groups in total. The molecule has 1 rings (SSSR count). The van der Waals surface area contributed by atoms with Crippen molar-refractivity contribution < 1.29 is 0 Å². The first-order chi connectivity index (χ1) is 5.64. The first-order valence-electron chi connectivity index (χ1n) is 3.79. The Morgan fingerprint density at radius 2 is 2.25 bits per heavy atom. The quantitative estimate of drug-likeness (QED) is 0.718. The Balaban J connectivity index is 2.64. The van der Waals surface area contributed by atoms with Crippen LogP contribution >= 0.6 is 11.8 Å². The second-order valence-electron chi connectivity index (χ2n) is 3.11. The van der Waals surface area contributed by atoms with Crippen LogP contribution in [0.1, 0.15) is 13.8 Å². The van der Waals surface area contributed by atoms with Crippen LogP contribution in [0.25, 0.3) is 0 Å². The molecule has 0 radical (unpaired) electrons. The molecule has 0 amide bonds. The van der Waals surface area contributed by atoms with Gasteiger partial charge in [-0.25, -0.2) is 4.98 Å². The van der Waals surface area contributed by atoms with E-state index in [9.17, 15) is 0 Å². The summed E-state index contributed by atoms with van der Waals surface area (Å²) in [4.78, 5) is 8.14. The Morgan fingerprint density at radius 1 is 1.50 bits per heavy atom. The molecule has 12 heavy (non-hydrogen) atoms. The van der Waals surface area contributed by atoms with Crippen molar-refractivity contribution in [3.63, 3.8) is 0 Å². The van der Waals surface area contributed by atoms with Crippen LogP contribution < -0.4 is 5.73 Å². The Kier molecular flexibility index (Phi) is 3.05. The molecule has 0 unspecified atom stereocenters. The lowest BCUT2D eigenvalue weighted by molar-refractivity contribution is 0.720. The summed E-state index contributed by atoms with van der Waals surface area (Å²) in [6.07, 6.45) is 5.11. The van der Waals surface area contributed by atoms with Crippen LogP contribution in [0.5, 0.6) is 0 Å². The lowest BCUT2D eigenvalue weighted by atomic mass is 10.2. The van der Waals surface area contributed by atoms with Crippen molar-refractivity contribution in [2.75, 3.05) is 6.54 Å². The van der Waals surface area contributed by atoms with Gasteiger partial charge in [-0.15, -0.1) is 0 Å². The minimum Gasteiger partial charge on any atom is -0.329 e. The van der Waals surface area contributed by atoms with E-state index in [1.54, 1.807) is 30.4 Å². The van der Waals surface area contributed by atoms with Crippen LogP contribution in [0.4, 0.5) is 0 Å². The number of hydrogen-bond acceptors (Lipinski definition) is 4. The van der Waals surface area contributed by atoms with Gasteiger partial charge in [0.25, 0.3) is 0 Å². The smallest absolute Gasteiger partial charge is 0.115 e.